The van der Waals surface area contributed by atoms with E-state index in [1.165, 1.54) is 6.07 Å². The van der Waals surface area contributed by atoms with Gasteiger partial charge in [-0.1, -0.05) is 31.0 Å². The molecular weight excluding hydrogens is 303 g/mol. The number of piperidine rings is 1. The predicted molar refractivity (Wildman–Crippen MR) is 88.6 cm³/mol. The number of rotatable bonds is 7. The molecule has 1 aromatic carbocycles. The molecule has 1 aromatic rings. The molecule has 0 bridgehead atoms. The van der Waals surface area contributed by atoms with Crippen LogP contribution in [0.1, 0.15) is 38.2 Å². The van der Waals surface area contributed by atoms with Crippen LogP contribution in [0, 0.1) is 5.82 Å². The Hall–Kier alpha value is -0.680. The second-order valence-electron chi connectivity index (χ2n) is 6.10. The van der Waals surface area contributed by atoms with Gasteiger partial charge in [-0.05, 0) is 44.5 Å². The summed E-state index contributed by atoms with van der Waals surface area (Å²) in [6.07, 6.45) is 3.64. The van der Waals surface area contributed by atoms with Crippen molar-refractivity contribution in [1.29, 1.82) is 0 Å². The van der Waals surface area contributed by atoms with Gasteiger partial charge < -0.3 is 10.4 Å². The minimum Gasteiger partial charge on any atom is -0.392 e. The van der Waals surface area contributed by atoms with Crippen LogP contribution in [0.25, 0.3) is 0 Å². The van der Waals surface area contributed by atoms with Crippen molar-refractivity contribution in [3.8, 4) is 0 Å². The SMILES string of the molecule is CCCC(O)CNC1CCN(Cc2c(F)cccc2Cl)CC1. The van der Waals surface area contributed by atoms with Crippen molar-refractivity contribution >= 4 is 11.6 Å². The highest BCUT2D eigenvalue weighted by Gasteiger charge is 2.21. The van der Waals surface area contributed by atoms with E-state index in [1.54, 1.807) is 12.1 Å². The number of aliphatic hydroxyl groups is 1. The molecule has 0 saturated carbocycles. The highest BCUT2D eigenvalue weighted by molar-refractivity contribution is 6.31. The number of hydrogen-bond donors (Lipinski definition) is 2. The minimum absolute atomic E-state index is 0.226. The average molecular weight is 329 g/mol. The first-order valence-electron chi connectivity index (χ1n) is 8.16. The number of nitrogens with one attached hydrogen (secondary N) is 1. The van der Waals surface area contributed by atoms with E-state index in [1.807, 2.05) is 0 Å². The van der Waals surface area contributed by atoms with Crippen molar-refractivity contribution in [2.24, 2.45) is 0 Å². The molecule has 0 spiro atoms. The molecule has 0 aliphatic carbocycles. The summed E-state index contributed by atoms with van der Waals surface area (Å²) in [5.74, 6) is -0.226. The fourth-order valence-electron chi connectivity index (χ4n) is 2.94. The molecule has 0 aromatic heterocycles. The van der Waals surface area contributed by atoms with Gasteiger partial charge in [-0.3, -0.25) is 4.90 Å². The summed E-state index contributed by atoms with van der Waals surface area (Å²) in [5.41, 5.74) is 0.592. The molecule has 1 aliphatic heterocycles. The van der Waals surface area contributed by atoms with Crippen LogP contribution in [-0.2, 0) is 6.54 Å². The van der Waals surface area contributed by atoms with E-state index in [0.29, 0.717) is 29.7 Å². The van der Waals surface area contributed by atoms with Gasteiger partial charge in [0.25, 0.3) is 0 Å². The van der Waals surface area contributed by atoms with E-state index in [2.05, 4.69) is 17.1 Å². The standard InChI is InChI=1S/C17H26ClFN2O/c1-2-4-14(22)11-20-13-7-9-21(10-8-13)12-15-16(18)5-3-6-17(15)19/h3,5-6,13-14,20,22H,2,4,7-12H2,1H3. The molecule has 0 radical (unpaired) electrons. The Balaban J connectivity index is 1.75. The van der Waals surface area contributed by atoms with Gasteiger partial charge in [0, 0.05) is 29.7 Å². The zero-order valence-corrected chi connectivity index (χ0v) is 13.9. The molecule has 3 nitrogen and oxygen atoms in total. The Labute approximate surface area is 137 Å². The number of aliphatic hydroxyl groups excluding tert-OH is 1. The van der Waals surface area contributed by atoms with Crippen molar-refractivity contribution in [3.63, 3.8) is 0 Å². The normalized spacial score (nSPS) is 18.5. The highest BCUT2D eigenvalue weighted by Crippen LogP contribution is 2.22. The van der Waals surface area contributed by atoms with Crippen LogP contribution in [0.15, 0.2) is 18.2 Å². The van der Waals surface area contributed by atoms with Crippen LogP contribution in [0.3, 0.4) is 0 Å². The Morgan fingerprint density at radius 3 is 2.77 bits per heavy atom. The van der Waals surface area contributed by atoms with Gasteiger partial charge >= 0.3 is 0 Å². The average Bonchev–Trinajstić information content (AvgIpc) is 2.50. The second kappa shape index (κ2) is 8.82. The van der Waals surface area contributed by atoms with Crippen LogP contribution in [0.2, 0.25) is 5.02 Å². The highest BCUT2D eigenvalue weighted by atomic mass is 35.5. The summed E-state index contributed by atoms with van der Waals surface area (Å²) in [7, 11) is 0. The van der Waals surface area contributed by atoms with Gasteiger partial charge in [-0.25, -0.2) is 4.39 Å². The van der Waals surface area contributed by atoms with E-state index in [9.17, 15) is 9.50 Å². The maximum Gasteiger partial charge on any atom is 0.129 e. The maximum atomic E-state index is 13.8. The van der Waals surface area contributed by atoms with E-state index < -0.39 is 0 Å². The molecule has 1 aliphatic rings. The third kappa shape index (κ3) is 5.20. The minimum atomic E-state index is -0.250. The number of benzene rings is 1. The summed E-state index contributed by atoms with van der Waals surface area (Å²) in [6, 6.07) is 5.28. The molecular formula is C17H26ClFN2O. The first-order chi connectivity index (χ1) is 10.6. The lowest BCUT2D eigenvalue weighted by Gasteiger charge is -2.33. The summed E-state index contributed by atoms with van der Waals surface area (Å²) in [5, 5.41) is 13.7. The molecule has 1 atom stereocenters. The van der Waals surface area contributed by atoms with Gasteiger partial charge in [-0.2, -0.15) is 0 Å². The van der Waals surface area contributed by atoms with Crippen LogP contribution in [-0.4, -0.2) is 41.8 Å². The van der Waals surface area contributed by atoms with E-state index >= 15 is 0 Å². The lowest BCUT2D eigenvalue weighted by Crippen LogP contribution is -2.44. The van der Waals surface area contributed by atoms with Crippen molar-refractivity contribution in [2.45, 2.75) is 51.3 Å². The topological polar surface area (TPSA) is 35.5 Å². The van der Waals surface area contributed by atoms with Crippen molar-refractivity contribution in [3.05, 3.63) is 34.6 Å². The maximum absolute atomic E-state index is 13.8. The van der Waals surface area contributed by atoms with E-state index in [4.69, 9.17) is 11.6 Å². The van der Waals surface area contributed by atoms with Gasteiger partial charge in [0.05, 0.1) is 6.10 Å². The largest absolute Gasteiger partial charge is 0.392 e. The van der Waals surface area contributed by atoms with Crippen LogP contribution in [0.5, 0.6) is 0 Å². The zero-order chi connectivity index (χ0) is 15.9. The molecule has 124 valence electrons. The summed E-state index contributed by atoms with van der Waals surface area (Å²) < 4.78 is 13.8. The van der Waals surface area contributed by atoms with Gasteiger partial charge in [0.1, 0.15) is 5.82 Å². The Kier molecular flexibility index (Phi) is 7.09. The molecule has 2 rings (SSSR count). The van der Waals surface area contributed by atoms with Crippen LogP contribution >= 0.6 is 11.6 Å². The van der Waals surface area contributed by atoms with E-state index in [0.717, 1.165) is 38.8 Å². The molecule has 2 N–H and O–H groups in total. The third-order valence-corrected chi connectivity index (χ3v) is 4.65. The van der Waals surface area contributed by atoms with Crippen molar-refractivity contribution in [1.82, 2.24) is 10.2 Å². The lowest BCUT2D eigenvalue weighted by molar-refractivity contribution is 0.140. The van der Waals surface area contributed by atoms with Crippen molar-refractivity contribution < 1.29 is 9.50 Å². The van der Waals surface area contributed by atoms with Crippen LogP contribution in [0.4, 0.5) is 4.39 Å². The molecule has 1 heterocycles. The number of hydrogen-bond acceptors (Lipinski definition) is 3. The number of likely N-dealkylation sites (tertiary alicyclic amines) is 1. The molecule has 5 heteroatoms. The number of nitrogens with zero attached hydrogens (tertiary/aromatic N) is 1. The summed E-state index contributed by atoms with van der Waals surface area (Å²) >= 11 is 6.08. The second-order valence-corrected chi connectivity index (χ2v) is 6.51. The molecule has 1 unspecified atom stereocenters. The van der Waals surface area contributed by atoms with Gasteiger partial charge in [0.2, 0.25) is 0 Å². The quantitative estimate of drug-likeness (QED) is 0.807. The Morgan fingerprint density at radius 1 is 1.41 bits per heavy atom. The summed E-state index contributed by atoms with van der Waals surface area (Å²) in [4.78, 5) is 2.24. The Morgan fingerprint density at radius 2 is 2.14 bits per heavy atom. The van der Waals surface area contributed by atoms with E-state index in [-0.39, 0.29) is 11.9 Å². The first kappa shape index (κ1) is 17.7. The third-order valence-electron chi connectivity index (χ3n) is 4.30. The smallest absolute Gasteiger partial charge is 0.129 e. The predicted octanol–water partition coefficient (Wildman–Crippen LogP) is 3.19. The monoisotopic (exact) mass is 328 g/mol. The van der Waals surface area contributed by atoms with Crippen LogP contribution < -0.4 is 5.32 Å². The van der Waals surface area contributed by atoms with Gasteiger partial charge in [-0.15, -0.1) is 0 Å². The Bertz CT molecular complexity index is 444. The summed E-state index contributed by atoms with van der Waals surface area (Å²) in [6.45, 7) is 5.16. The molecule has 0 amide bonds. The van der Waals surface area contributed by atoms with Crippen molar-refractivity contribution in [2.75, 3.05) is 19.6 Å². The fourth-order valence-corrected chi connectivity index (χ4v) is 3.16. The molecule has 1 saturated heterocycles. The lowest BCUT2D eigenvalue weighted by atomic mass is 10.0. The van der Waals surface area contributed by atoms with Gasteiger partial charge in [0.15, 0.2) is 0 Å². The molecule has 22 heavy (non-hydrogen) atoms. The molecule has 1 fully saturated rings. The number of halogens is 2. The first-order valence-corrected chi connectivity index (χ1v) is 8.54. The fraction of sp³-hybridized carbons (Fsp3) is 0.647. The zero-order valence-electron chi connectivity index (χ0n) is 13.2.